The molecule has 3 aliphatic rings. The molecule has 3 aliphatic heterocycles. The van der Waals surface area contributed by atoms with Gasteiger partial charge in [0.1, 0.15) is 11.0 Å². The maximum atomic E-state index is 14.3. The number of alkyl halides is 3. The highest BCUT2D eigenvalue weighted by atomic mass is 35.5. The lowest BCUT2D eigenvalue weighted by molar-refractivity contribution is -0.275. The van der Waals surface area contributed by atoms with Crippen molar-refractivity contribution < 1.29 is 35.8 Å². The first-order valence-corrected chi connectivity index (χ1v) is 14.0. The van der Waals surface area contributed by atoms with E-state index >= 15 is 0 Å². The van der Waals surface area contributed by atoms with Crippen LogP contribution in [0, 0.1) is 5.82 Å². The number of hydrogen-bond acceptors (Lipinski definition) is 7. The van der Waals surface area contributed by atoms with Crippen LogP contribution in [-0.4, -0.2) is 41.3 Å². The van der Waals surface area contributed by atoms with E-state index in [0.717, 1.165) is 24.2 Å². The summed E-state index contributed by atoms with van der Waals surface area (Å²) in [5.74, 6) is 1.38. The molecule has 1 amide bonds. The fraction of sp³-hybridized carbons (Fsp3) is 0.333. The maximum absolute atomic E-state index is 14.3. The molecule has 0 bridgehead atoms. The Balaban J connectivity index is 0.000000673. The Labute approximate surface area is 232 Å². The highest BCUT2D eigenvalue weighted by molar-refractivity contribution is 8.00. The van der Waals surface area contributed by atoms with Gasteiger partial charge in [0, 0.05) is 35.0 Å². The molecular weight excluding hydrogens is 591 g/mol. The number of fused-ring (bicyclic) bond motifs is 1. The first-order chi connectivity index (χ1) is 18.1. The second kappa shape index (κ2) is 10.8. The third-order valence-corrected chi connectivity index (χ3v) is 8.54. The fourth-order valence-corrected chi connectivity index (χ4v) is 5.10. The van der Waals surface area contributed by atoms with Crippen molar-refractivity contribution in [2.75, 3.05) is 18.1 Å². The first-order valence-electron chi connectivity index (χ1n) is 11.2. The molecule has 1 N–H and O–H groups in total. The van der Waals surface area contributed by atoms with E-state index in [9.17, 15) is 22.4 Å². The van der Waals surface area contributed by atoms with Crippen molar-refractivity contribution in [1.29, 1.82) is 0 Å². The minimum absolute atomic E-state index is 0.0461. The standard InChI is InChI=1S/C21H12Cl2F4N2O4S.C3H6S/c22-13-5-9(6-14(23)17(13)24)20(21(25,26)27)7-15(29-33-20)10-1-2-12(18-11(10)3-4-31-18)19(30)28-16-8-32-34-16;1-2-4-3-1/h1-6,16H,7-8H2,(H,28,30);1-3H2. The highest BCUT2D eigenvalue weighted by Gasteiger charge is 2.62. The molecule has 2 aromatic carbocycles. The molecule has 2 unspecified atom stereocenters. The van der Waals surface area contributed by atoms with Crippen LogP contribution in [0.3, 0.4) is 0 Å². The minimum Gasteiger partial charge on any atom is -0.463 e. The summed E-state index contributed by atoms with van der Waals surface area (Å²) in [7, 11) is 0. The van der Waals surface area contributed by atoms with Gasteiger partial charge < -0.3 is 18.8 Å². The third-order valence-electron chi connectivity index (χ3n) is 6.08. The van der Waals surface area contributed by atoms with Crippen molar-refractivity contribution in [3.8, 4) is 0 Å². The number of carbonyl (C=O) groups is 1. The van der Waals surface area contributed by atoms with Crippen molar-refractivity contribution in [1.82, 2.24) is 5.32 Å². The van der Waals surface area contributed by atoms with Crippen molar-refractivity contribution in [2.45, 2.75) is 30.0 Å². The van der Waals surface area contributed by atoms with E-state index in [1.807, 2.05) is 11.8 Å². The van der Waals surface area contributed by atoms with Crippen LogP contribution in [0.4, 0.5) is 17.6 Å². The molecule has 2 saturated heterocycles. The van der Waals surface area contributed by atoms with Crippen molar-refractivity contribution in [3.63, 3.8) is 0 Å². The molecule has 38 heavy (non-hydrogen) atoms. The highest BCUT2D eigenvalue weighted by Crippen LogP contribution is 2.50. The van der Waals surface area contributed by atoms with Gasteiger partial charge in [0.15, 0.2) is 5.82 Å². The number of furan rings is 1. The van der Waals surface area contributed by atoms with Crippen LogP contribution in [-0.2, 0) is 14.6 Å². The number of carbonyl (C=O) groups excluding carboxylic acids is 1. The van der Waals surface area contributed by atoms with E-state index in [1.165, 1.54) is 42.4 Å². The molecular formula is C24H18Cl2F4N2O4S2. The van der Waals surface area contributed by atoms with Gasteiger partial charge in [-0.3, -0.25) is 4.79 Å². The monoisotopic (exact) mass is 608 g/mol. The van der Waals surface area contributed by atoms with Gasteiger partial charge in [-0.2, -0.15) is 24.9 Å². The van der Waals surface area contributed by atoms with Crippen molar-refractivity contribution in [3.05, 3.63) is 69.1 Å². The predicted molar refractivity (Wildman–Crippen MR) is 139 cm³/mol. The largest absolute Gasteiger partial charge is 0.463 e. The number of benzene rings is 2. The third kappa shape index (κ3) is 5.08. The van der Waals surface area contributed by atoms with E-state index in [-0.39, 0.29) is 27.8 Å². The Morgan fingerprint density at radius 2 is 1.82 bits per heavy atom. The summed E-state index contributed by atoms with van der Waals surface area (Å²) in [6.07, 6.45) is -2.90. The topological polar surface area (TPSA) is 73.1 Å². The van der Waals surface area contributed by atoms with Gasteiger partial charge in [0.05, 0.1) is 34.2 Å². The lowest BCUT2D eigenvalue weighted by Gasteiger charge is -2.29. The van der Waals surface area contributed by atoms with Crippen LogP contribution in [0.5, 0.6) is 0 Å². The number of amides is 1. The summed E-state index contributed by atoms with van der Waals surface area (Å²) < 4.78 is 67.1. The quantitative estimate of drug-likeness (QED) is 0.190. The predicted octanol–water partition coefficient (Wildman–Crippen LogP) is 7.32. The number of hydrogen-bond donors (Lipinski definition) is 1. The van der Waals surface area contributed by atoms with E-state index in [4.69, 9.17) is 36.6 Å². The lowest BCUT2D eigenvalue weighted by Crippen LogP contribution is -2.42. The van der Waals surface area contributed by atoms with Crippen LogP contribution in [0.2, 0.25) is 10.0 Å². The Morgan fingerprint density at radius 3 is 2.37 bits per heavy atom. The Hall–Kier alpha value is -2.12. The smallest absolute Gasteiger partial charge is 0.435 e. The van der Waals surface area contributed by atoms with Gasteiger partial charge in [0.2, 0.25) is 0 Å². The van der Waals surface area contributed by atoms with Crippen molar-refractivity contribution in [2.24, 2.45) is 5.16 Å². The van der Waals surface area contributed by atoms with Crippen LogP contribution in [0.25, 0.3) is 11.0 Å². The second-order valence-electron chi connectivity index (χ2n) is 8.52. The molecule has 1 aromatic heterocycles. The average molecular weight is 609 g/mol. The summed E-state index contributed by atoms with van der Waals surface area (Å²) in [6, 6.07) is 6.05. The van der Waals surface area contributed by atoms with Gasteiger partial charge in [-0.15, -0.1) is 0 Å². The summed E-state index contributed by atoms with van der Waals surface area (Å²) in [6.45, 7) is 0.362. The van der Waals surface area contributed by atoms with Gasteiger partial charge in [-0.25, -0.2) is 4.39 Å². The SMILES string of the molecule is C1CSC1.O=C(NC1COS1)c1ccc(C2=NOC(c3cc(Cl)c(F)c(Cl)c3)(C(F)(F)F)C2)c2ccoc12. The molecule has 0 radical (unpaired) electrons. The zero-order chi connectivity index (χ0) is 27.1. The summed E-state index contributed by atoms with van der Waals surface area (Å²) >= 11 is 14.6. The molecule has 14 heteroatoms. The molecule has 0 spiro atoms. The van der Waals surface area contributed by atoms with E-state index in [2.05, 4.69) is 10.5 Å². The summed E-state index contributed by atoms with van der Waals surface area (Å²) in [5.41, 5.74) is -2.80. The molecule has 2 fully saturated rings. The van der Waals surface area contributed by atoms with E-state index in [0.29, 0.717) is 12.0 Å². The van der Waals surface area contributed by atoms with Crippen LogP contribution < -0.4 is 5.32 Å². The average Bonchev–Trinajstić information content (AvgIpc) is 3.46. The molecule has 6 rings (SSSR count). The normalized spacial score (nSPS) is 22.5. The fourth-order valence-electron chi connectivity index (χ4n) is 3.90. The zero-order valence-corrected chi connectivity index (χ0v) is 22.4. The number of nitrogens with zero attached hydrogens (tertiary/aromatic N) is 1. The molecule has 202 valence electrons. The first kappa shape index (κ1) is 27.4. The Morgan fingerprint density at radius 1 is 1.16 bits per heavy atom. The zero-order valence-electron chi connectivity index (χ0n) is 19.2. The summed E-state index contributed by atoms with van der Waals surface area (Å²) in [4.78, 5) is 17.6. The van der Waals surface area contributed by atoms with Crippen LogP contribution >= 0.6 is 47.0 Å². The maximum Gasteiger partial charge on any atom is 0.435 e. The summed E-state index contributed by atoms with van der Waals surface area (Å²) in [5, 5.41) is 5.48. The van der Waals surface area contributed by atoms with Gasteiger partial charge >= 0.3 is 6.18 Å². The lowest BCUT2D eigenvalue weighted by atomic mass is 9.86. The van der Waals surface area contributed by atoms with E-state index < -0.39 is 45.5 Å². The minimum atomic E-state index is -4.94. The number of thioether (sulfide) groups is 1. The van der Waals surface area contributed by atoms with Crippen LogP contribution in [0.1, 0.15) is 34.3 Å². The van der Waals surface area contributed by atoms with Gasteiger partial charge in [-0.1, -0.05) is 34.4 Å². The Kier molecular flexibility index (Phi) is 7.80. The molecule has 0 saturated carbocycles. The molecule has 2 atom stereocenters. The number of nitrogens with one attached hydrogen (secondary N) is 1. The number of halogens is 6. The molecule has 4 heterocycles. The Bertz CT molecular complexity index is 1380. The van der Waals surface area contributed by atoms with Crippen LogP contribution in [0.15, 0.2) is 46.2 Å². The van der Waals surface area contributed by atoms with E-state index in [1.54, 1.807) is 0 Å². The van der Waals surface area contributed by atoms with Crippen molar-refractivity contribution >= 4 is 69.6 Å². The molecule has 6 nitrogen and oxygen atoms in total. The molecule has 3 aromatic rings. The second-order valence-corrected chi connectivity index (χ2v) is 11.6. The van der Waals surface area contributed by atoms with Gasteiger partial charge in [0.25, 0.3) is 11.5 Å². The van der Waals surface area contributed by atoms with Gasteiger partial charge in [-0.05, 0) is 42.2 Å². The molecule has 0 aliphatic carbocycles. The number of oxime groups is 1. The number of rotatable bonds is 4.